The zero-order chi connectivity index (χ0) is 11.5. The lowest BCUT2D eigenvalue weighted by atomic mass is 10.2. The van der Waals surface area contributed by atoms with Gasteiger partial charge in [0, 0.05) is 10.7 Å². The SMILES string of the molecule is Cc1ccc(Br)c(Nc2ncncc2Br)c1. The second kappa shape index (κ2) is 4.93. The minimum Gasteiger partial charge on any atom is -0.338 e. The van der Waals surface area contributed by atoms with Crippen LogP contribution in [0.3, 0.4) is 0 Å². The Morgan fingerprint density at radius 2 is 2.00 bits per heavy atom. The van der Waals surface area contributed by atoms with Crippen LogP contribution >= 0.6 is 31.9 Å². The average Bonchev–Trinajstić information content (AvgIpc) is 2.27. The van der Waals surface area contributed by atoms with Gasteiger partial charge < -0.3 is 5.32 Å². The zero-order valence-corrected chi connectivity index (χ0v) is 11.7. The number of hydrogen-bond acceptors (Lipinski definition) is 3. The summed E-state index contributed by atoms with van der Waals surface area (Å²) in [4.78, 5) is 8.07. The molecule has 0 fully saturated rings. The predicted octanol–water partition coefficient (Wildman–Crippen LogP) is 4.05. The largest absolute Gasteiger partial charge is 0.338 e. The monoisotopic (exact) mass is 341 g/mol. The molecule has 0 atom stereocenters. The number of benzene rings is 1. The number of nitrogens with one attached hydrogen (secondary N) is 1. The lowest BCUT2D eigenvalue weighted by Gasteiger charge is -2.09. The quantitative estimate of drug-likeness (QED) is 0.894. The first-order valence-electron chi connectivity index (χ1n) is 4.65. The van der Waals surface area contributed by atoms with Crippen LogP contribution in [-0.2, 0) is 0 Å². The van der Waals surface area contributed by atoms with Gasteiger partial charge in [0.15, 0.2) is 0 Å². The highest BCUT2D eigenvalue weighted by atomic mass is 79.9. The molecule has 0 aliphatic rings. The lowest BCUT2D eigenvalue weighted by Crippen LogP contribution is -1.96. The van der Waals surface area contributed by atoms with Gasteiger partial charge >= 0.3 is 0 Å². The van der Waals surface area contributed by atoms with Gasteiger partial charge in [0.05, 0.1) is 10.2 Å². The van der Waals surface area contributed by atoms with E-state index in [1.165, 1.54) is 11.9 Å². The highest BCUT2D eigenvalue weighted by Gasteiger charge is 2.04. The molecule has 0 saturated heterocycles. The van der Waals surface area contributed by atoms with E-state index in [0.717, 1.165) is 20.5 Å². The van der Waals surface area contributed by atoms with Gasteiger partial charge in [-0.1, -0.05) is 6.07 Å². The second-order valence-electron chi connectivity index (χ2n) is 3.33. The lowest BCUT2D eigenvalue weighted by molar-refractivity contribution is 1.15. The maximum Gasteiger partial charge on any atom is 0.148 e. The summed E-state index contributed by atoms with van der Waals surface area (Å²) in [6.45, 7) is 2.05. The molecule has 1 aromatic heterocycles. The summed E-state index contributed by atoms with van der Waals surface area (Å²) < 4.78 is 1.84. The zero-order valence-electron chi connectivity index (χ0n) is 8.54. The molecular formula is C11H9Br2N3. The Hall–Kier alpha value is -0.940. The van der Waals surface area contributed by atoms with Crippen molar-refractivity contribution in [2.24, 2.45) is 0 Å². The van der Waals surface area contributed by atoms with Crippen LogP contribution in [0.1, 0.15) is 5.56 Å². The van der Waals surface area contributed by atoms with Crippen LogP contribution < -0.4 is 5.32 Å². The van der Waals surface area contributed by atoms with E-state index in [4.69, 9.17) is 0 Å². The first-order chi connectivity index (χ1) is 7.66. The van der Waals surface area contributed by atoms with E-state index in [2.05, 4.69) is 53.2 Å². The average molecular weight is 343 g/mol. The Balaban J connectivity index is 2.34. The Bertz CT molecular complexity index is 514. The van der Waals surface area contributed by atoms with Crippen LogP contribution in [0, 0.1) is 6.92 Å². The Morgan fingerprint density at radius 3 is 2.75 bits per heavy atom. The molecule has 0 unspecified atom stereocenters. The van der Waals surface area contributed by atoms with Gasteiger partial charge in [-0.2, -0.15) is 0 Å². The standard InChI is InChI=1S/C11H9Br2N3/c1-7-2-3-8(12)10(4-7)16-11-9(13)5-14-6-15-11/h2-6H,1H3,(H,14,15,16). The summed E-state index contributed by atoms with van der Waals surface area (Å²) in [7, 11) is 0. The molecule has 0 aliphatic heterocycles. The highest BCUT2D eigenvalue weighted by Crippen LogP contribution is 2.28. The van der Waals surface area contributed by atoms with Crippen molar-refractivity contribution in [3.05, 3.63) is 45.2 Å². The number of rotatable bonds is 2. The van der Waals surface area contributed by atoms with E-state index in [1.807, 2.05) is 19.1 Å². The van der Waals surface area contributed by atoms with Gasteiger partial charge in [-0.15, -0.1) is 0 Å². The molecule has 2 rings (SSSR count). The van der Waals surface area contributed by atoms with Gasteiger partial charge in [-0.3, -0.25) is 0 Å². The number of aryl methyl sites for hydroxylation is 1. The molecule has 0 spiro atoms. The van der Waals surface area contributed by atoms with E-state index in [9.17, 15) is 0 Å². The molecule has 16 heavy (non-hydrogen) atoms. The molecule has 5 heteroatoms. The fourth-order valence-electron chi connectivity index (χ4n) is 1.27. The van der Waals surface area contributed by atoms with Crippen molar-refractivity contribution in [3.8, 4) is 0 Å². The summed E-state index contributed by atoms with van der Waals surface area (Å²) in [5, 5.41) is 3.24. The normalized spacial score (nSPS) is 10.2. The van der Waals surface area contributed by atoms with E-state index < -0.39 is 0 Å². The predicted molar refractivity (Wildman–Crippen MR) is 71.9 cm³/mol. The molecule has 1 N–H and O–H groups in total. The van der Waals surface area contributed by atoms with E-state index in [1.54, 1.807) is 6.20 Å². The third-order valence-electron chi connectivity index (χ3n) is 2.04. The first kappa shape index (κ1) is 11.5. The molecule has 0 bridgehead atoms. The fraction of sp³-hybridized carbons (Fsp3) is 0.0909. The smallest absolute Gasteiger partial charge is 0.148 e. The number of nitrogens with zero attached hydrogens (tertiary/aromatic N) is 2. The molecule has 0 radical (unpaired) electrons. The highest BCUT2D eigenvalue weighted by molar-refractivity contribution is 9.11. The number of aromatic nitrogens is 2. The molecule has 0 saturated carbocycles. The van der Waals surface area contributed by atoms with Crippen molar-refractivity contribution in [2.75, 3.05) is 5.32 Å². The van der Waals surface area contributed by atoms with Gasteiger partial charge in [-0.05, 0) is 56.5 Å². The molecule has 0 aliphatic carbocycles. The van der Waals surface area contributed by atoms with E-state index >= 15 is 0 Å². The fourth-order valence-corrected chi connectivity index (χ4v) is 1.93. The second-order valence-corrected chi connectivity index (χ2v) is 5.04. The summed E-state index contributed by atoms with van der Waals surface area (Å²) >= 11 is 6.89. The van der Waals surface area contributed by atoms with Crippen molar-refractivity contribution in [1.29, 1.82) is 0 Å². The molecular weight excluding hydrogens is 334 g/mol. The van der Waals surface area contributed by atoms with Gasteiger partial charge in [0.1, 0.15) is 12.1 Å². The number of anilines is 2. The van der Waals surface area contributed by atoms with Crippen molar-refractivity contribution >= 4 is 43.4 Å². The van der Waals surface area contributed by atoms with Crippen LogP contribution in [0.15, 0.2) is 39.7 Å². The number of hydrogen-bond donors (Lipinski definition) is 1. The number of halogens is 2. The van der Waals surface area contributed by atoms with Crippen molar-refractivity contribution in [3.63, 3.8) is 0 Å². The maximum absolute atomic E-state index is 4.15. The van der Waals surface area contributed by atoms with Crippen molar-refractivity contribution < 1.29 is 0 Å². The van der Waals surface area contributed by atoms with Crippen molar-refractivity contribution in [2.45, 2.75) is 6.92 Å². The van der Waals surface area contributed by atoms with Crippen LogP contribution in [-0.4, -0.2) is 9.97 Å². The Kier molecular flexibility index (Phi) is 3.56. The summed E-state index contributed by atoms with van der Waals surface area (Å²) in [5.74, 6) is 0.751. The molecule has 82 valence electrons. The topological polar surface area (TPSA) is 37.8 Å². The maximum atomic E-state index is 4.15. The van der Waals surface area contributed by atoms with Gasteiger partial charge in [0.25, 0.3) is 0 Å². The Labute approximate surface area is 111 Å². The summed E-state index contributed by atoms with van der Waals surface area (Å²) in [5.41, 5.74) is 2.18. The molecule has 1 aromatic carbocycles. The molecule has 1 heterocycles. The van der Waals surface area contributed by atoms with Gasteiger partial charge in [0.2, 0.25) is 0 Å². The summed E-state index contributed by atoms with van der Waals surface area (Å²) in [6, 6.07) is 6.11. The van der Waals surface area contributed by atoms with Crippen LogP contribution in [0.5, 0.6) is 0 Å². The minimum absolute atomic E-state index is 0.751. The molecule has 2 aromatic rings. The van der Waals surface area contributed by atoms with Crippen LogP contribution in [0.4, 0.5) is 11.5 Å². The molecule has 0 amide bonds. The van der Waals surface area contributed by atoms with E-state index in [-0.39, 0.29) is 0 Å². The van der Waals surface area contributed by atoms with Crippen molar-refractivity contribution in [1.82, 2.24) is 9.97 Å². The Morgan fingerprint density at radius 1 is 1.19 bits per heavy atom. The third-order valence-corrected chi connectivity index (χ3v) is 3.31. The third kappa shape index (κ3) is 2.59. The van der Waals surface area contributed by atoms with Crippen LogP contribution in [0.2, 0.25) is 0 Å². The first-order valence-corrected chi connectivity index (χ1v) is 6.24. The van der Waals surface area contributed by atoms with Crippen LogP contribution in [0.25, 0.3) is 0 Å². The molecule has 3 nitrogen and oxygen atoms in total. The van der Waals surface area contributed by atoms with Gasteiger partial charge in [-0.25, -0.2) is 9.97 Å². The minimum atomic E-state index is 0.751. The van der Waals surface area contributed by atoms with E-state index in [0.29, 0.717) is 0 Å². The summed E-state index contributed by atoms with van der Waals surface area (Å²) in [6.07, 6.45) is 3.22.